The van der Waals surface area contributed by atoms with Crippen molar-refractivity contribution in [3.05, 3.63) is 101 Å². The summed E-state index contributed by atoms with van der Waals surface area (Å²) < 4.78 is 5.52. The first-order valence-corrected chi connectivity index (χ1v) is 9.28. The van der Waals surface area contributed by atoms with Crippen LogP contribution in [-0.2, 0) is 4.79 Å². The molecule has 3 rings (SSSR count). The van der Waals surface area contributed by atoms with E-state index in [0.717, 1.165) is 5.56 Å². The van der Waals surface area contributed by atoms with Crippen molar-refractivity contribution in [2.24, 2.45) is 0 Å². The molecule has 4 nitrogen and oxygen atoms in total. The number of hydrogen-bond donors (Lipinski definition) is 1. The Hall–Kier alpha value is -3.11. The Labute approximate surface area is 169 Å². The molecule has 0 saturated heterocycles. The standard InChI is InChI=1S/C23H20ClNO3/c1-16(19-8-5-9-20(24)14-19)25-22(26)15-28-21-12-10-18(11-13-21)23(27)17-6-3-2-4-7-17/h2-14,16H,15H2,1H3,(H,25,26)/t16-/m0/s1. The van der Waals surface area contributed by atoms with Gasteiger partial charge in [-0.15, -0.1) is 0 Å². The summed E-state index contributed by atoms with van der Waals surface area (Å²) in [4.78, 5) is 24.5. The lowest BCUT2D eigenvalue weighted by Crippen LogP contribution is -2.31. The second kappa shape index (κ2) is 9.20. The van der Waals surface area contributed by atoms with E-state index >= 15 is 0 Å². The summed E-state index contributed by atoms with van der Waals surface area (Å²) >= 11 is 5.98. The van der Waals surface area contributed by atoms with Crippen molar-refractivity contribution >= 4 is 23.3 Å². The molecule has 0 fully saturated rings. The minimum absolute atomic E-state index is 0.0553. The molecule has 1 atom stereocenters. The summed E-state index contributed by atoms with van der Waals surface area (Å²) in [6.07, 6.45) is 0. The largest absolute Gasteiger partial charge is 0.484 e. The van der Waals surface area contributed by atoms with E-state index in [0.29, 0.717) is 21.9 Å². The van der Waals surface area contributed by atoms with Gasteiger partial charge in [0.15, 0.2) is 12.4 Å². The summed E-state index contributed by atoms with van der Waals surface area (Å²) in [6, 6.07) is 23.0. The monoisotopic (exact) mass is 393 g/mol. The lowest BCUT2D eigenvalue weighted by Gasteiger charge is -2.15. The first kappa shape index (κ1) is 19.6. The van der Waals surface area contributed by atoms with Gasteiger partial charge in [0.1, 0.15) is 5.75 Å². The molecule has 0 aliphatic carbocycles. The maximum Gasteiger partial charge on any atom is 0.258 e. The van der Waals surface area contributed by atoms with Crippen molar-refractivity contribution in [1.82, 2.24) is 5.32 Å². The van der Waals surface area contributed by atoms with Crippen molar-refractivity contribution < 1.29 is 14.3 Å². The van der Waals surface area contributed by atoms with Gasteiger partial charge in [-0.3, -0.25) is 9.59 Å². The third-order valence-electron chi connectivity index (χ3n) is 4.25. The molecule has 0 saturated carbocycles. The quantitative estimate of drug-likeness (QED) is 0.585. The predicted molar refractivity (Wildman–Crippen MR) is 110 cm³/mol. The zero-order valence-corrected chi connectivity index (χ0v) is 16.1. The topological polar surface area (TPSA) is 55.4 Å². The van der Waals surface area contributed by atoms with Crippen LogP contribution >= 0.6 is 11.6 Å². The van der Waals surface area contributed by atoms with Crippen LogP contribution in [0.4, 0.5) is 0 Å². The van der Waals surface area contributed by atoms with Crippen molar-refractivity contribution in [1.29, 1.82) is 0 Å². The molecule has 28 heavy (non-hydrogen) atoms. The maximum absolute atomic E-state index is 12.4. The van der Waals surface area contributed by atoms with Gasteiger partial charge in [-0.1, -0.05) is 54.1 Å². The van der Waals surface area contributed by atoms with E-state index in [2.05, 4.69) is 5.32 Å². The highest BCUT2D eigenvalue weighted by Crippen LogP contribution is 2.18. The molecule has 0 aliphatic rings. The van der Waals surface area contributed by atoms with Gasteiger partial charge in [0.05, 0.1) is 6.04 Å². The number of ketones is 1. The molecule has 1 N–H and O–H groups in total. The fraction of sp³-hybridized carbons (Fsp3) is 0.130. The van der Waals surface area contributed by atoms with Crippen LogP contribution in [0.5, 0.6) is 5.75 Å². The average Bonchev–Trinajstić information content (AvgIpc) is 2.73. The van der Waals surface area contributed by atoms with Crippen LogP contribution < -0.4 is 10.1 Å². The number of carbonyl (C=O) groups is 2. The van der Waals surface area contributed by atoms with Gasteiger partial charge in [0.2, 0.25) is 0 Å². The van der Waals surface area contributed by atoms with Crippen LogP contribution in [0, 0.1) is 0 Å². The van der Waals surface area contributed by atoms with Crippen molar-refractivity contribution in [2.75, 3.05) is 6.61 Å². The molecule has 0 aromatic heterocycles. The summed E-state index contributed by atoms with van der Waals surface area (Å²) in [7, 11) is 0. The first-order chi connectivity index (χ1) is 13.5. The second-order valence-electron chi connectivity index (χ2n) is 6.35. The highest BCUT2D eigenvalue weighted by molar-refractivity contribution is 6.30. The van der Waals surface area contributed by atoms with Gasteiger partial charge in [0.25, 0.3) is 5.91 Å². The molecule has 5 heteroatoms. The number of carbonyl (C=O) groups excluding carboxylic acids is 2. The van der Waals surface area contributed by atoms with Gasteiger partial charge < -0.3 is 10.1 Å². The number of benzene rings is 3. The van der Waals surface area contributed by atoms with Crippen LogP contribution in [0.1, 0.15) is 34.5 Å². The number of amides is 1. The molecule has 0 aliphatic heterocycles. The van der Waals surface area contributed by atoms with E-state index < -0.39 is 0 Å². The molecule has 0 unspecified atom stereocenters. The Morgan fingerprint density at radius 1 is 0.929 bits per heavy atom. The fourth-order valence-electron chi connectivity index (χ4n) is 2.75. The predicted octanol–water partition coefficient (Wildman–Crippen LogP) is 4.83. The van der Waals surface area contributed by atoms with E-state index in [1.165, 1.54) is 0 Å². The van der Waals surface area contributed by atoms with Crippen molar-refractivity contribution in [3.63, 3.8) is 0 Å². The second-order valence-corrected chi connectivity index (χ2v) is 6.79. The summed E-state index contributed by atoms with van der Waals surface area (Å²) in [6.45, 7) is 1.77. The highest BCUT2D eigenvalue weighted by atomic mass is 35.5. The van der Waals surface area contributed by atoms with Gasteiger partial charge in [-0.05, 0) is 48.9 Å². The highest BCUT2D eigenvalue weighted by Gasteiger charge is 2.11. The van der Waals surface area contributed by atoms with E-state index in [-0.39, 0.29) is 24.3 Å². The summed E-state index contributed by atoms with van der Waals surface area (Å²) in [5.74, 6) is 0.229. The Morgan fingerprint density at radius 3 is 2.29 bits per heavy atom. The third kappa shape index (κ3) is 5.21. The number of halogens is 1. The van der Waals surface area contributed by atoms with Gasteiger partial charge in [-0.25, -0.2) is 0 Å². The molecule has 1 amide bonds. The van der Waals surface area contributed by atoms with E-state index in [1.807, 2.05) is 43.3 Å². The SMILES string of the molecule is C[C@H](NC(=O)COc1ccc(C(=O)c2ccccc2)cc1)c1cccc(Cl)c1. The van der Waals surface area contributed by atoms with E-state index in [9.17, 15) is 9.59 Å². The molecular weight excluding hydrogens is 374 g/mol. The lowest BCUT2D eigenvalue weighted by molar-refractivity contribution is -0.123. The first-order valence-electron chi connectivity index (χ1n) is 8.90. The molecule has 3 aromatic rings. The maximum atomic E-state index is 12.4. The number of rotatable bonds is 7. The Balaban J connectivity index is 1.53. The zero-order valence-electron chi connectivity index (χ0n) is 15.4. The van der Waals surface area contributed by atoms with Crippen LogP contribution in [0.25, 0.3) is 0 Å². The minimum Gasteiger partial charge on any atom is -0.484 e. The van der Waals surface area contributed by atoms with Crippen molar-refractivity contribution in [3.8, 4) is 5.75 Å². The molecule has 3 aromatic carbocycles. The number of hydrogen-bond acceptors (Lipinski definition) is 3. The molecule has 142 valence electrons. The lowest BCUT2D eigenvalue weighted by atomic mass is 10.0. The van der Waals surface area contributed by atoms with Crippen LogP contribution in [0.3, 0.4) is 0 Å². The smallest absolute Gasteiger partial charge is 0.258 e. The minimum atomic E-state index is -0.239. The Bertz CT molecular complexity index is 955. The average molecular weight is 394 g/mol. The van der Waals surface area contributed by atoms with Crippen molar-refractivity contribution in [2.45, 2.75) is 13.0 Å². The van der Waals surface area contributed by atoms with Gasteiger partial charge in [-0.2, -0.15) is 0 Å². The fourth-order valence-corrected chi connectivity index (χ4v) is 2.95. The normalized spacial score (nSPS) is 11.5. The molecule has 0 bridgehead atoms. The summed E-state index contributed by atoms with van der Waals surface area (Å²) in [5.41, 5.74) is 2.12. The zero-order chi connectivity index (χ0) is 19.9. The molecule has 0 heterocycles. The number of ether oxygens (including phenoxy) is 1. The van der Waals surface area contributed by atoms with Crippen LogP contribution in [0.15, 0.2) is 78.9 Å². The molecular formula is C23H20ClNO3. The Kier molecular flexibility index (Phi) is 6.45. The van der Waals surface area contributed by atoms with Crippen LogP contribution in [0.2, 0.25) is 5.02 Å². The van der Waals surface area contributed by atoms with E-state index in [4.69, 9.17) is 16.3 Å². The molecule has 0 radical (unpaired) electrons. The molecule has 0 spiro atoms. The number of nitrogens with one attached hydrogen (secondary N) is 1. The van der Waals surface area contributed by atoms with E-state index in [1.54, 1.807) is 42.5 Å². The van der Waals surface area contributed by atoms with Gasteiger partial charge >= 0.3 is 0 Å². The summed E-state index contributed by atoms with van der Waals surface area (Å²) in [5, 5.41) is 3.49. The third-order valence-corrected chi connectivity index (χ3v) is 4.48. The Morgan fingerprint density at radius 2 is 1.61 bits per heavy atom. The van der Waals surface area contributed by atoms with Gasteiger partial charge in [0, 0.05) is 16.1 Å². The van der Waals surface area contributed by atoms with Crippen LogP contribution in [-0.4, -0.2) is 18.3 Å².